The SMILES string of the molecule is O=c1c(CCc2ccccc2)nc2cncnc2n1-c1ccccc1. The van der Waals surface area contributed by atoms with Crippen molar-refractivity contribution in [2.75, 3.05) is 0 Å². The molecule has 0 unspecified atom stereocenters. The zero-order valence-corrected chi connectivity index (χ0v) is 13.5. The third kappa shape index (κ3) is 3.04. The van der Waals surface area contributed by atoms with Crippen LogP contribution in [-0.4, -0.2) is 19.5 Å². The molecular formula is C20H16N4O. The molecule has 2 aromatic carbocycles. The van der Waals surface area contributed by atoms with Crippen LogP contribution in [-0.2, 0) is 12.8 Å². The molecule has 0 N–H and O–H groups in total. The summed E-state index contributed by atoms with van der Waals surface area (Å²) in [6, 6.07) is 19.6. The van der Waals surface area contributed by atoms with Gasteiger partial charge in [0.1, 0.15) is 17.5 Å². The number of para-hydroxylation sites is 1. The van der Waals surface area contributed by atoms with Crippen LogP contribution in [0.5, 0.6) is 0 Å². The summed E-state index contributed by atoms with van der Waals surface area (Å²) in [5.41, 5.74) is 3.49. The van der Waals surface area contributed by atoms with Crippen LogP contribution >= 0.6 is 0 Å². The molecule has 0 fully saturated rings. The average Bonchev–Trinajstić information content (AvgIpc) is 2.68. The van der Waals surface area contributed by atoms with Crippen molar-refractivity contribution in [3.8, 4) is 5.69 Å². The normalized spacial score (nSPS) is 10.9. The van der Waals surface area contributed by atoms with Gasteiger partial charge in [-0.25, -0.2) is 15.0 Å². The first-order chi connectivity index (χ1) is 12.3. The lowest BCUT2D eigenvalue weighted by atomic mass is 10.1. The van der Waals surface area contributed by atoms with Crippen LogP contribution in [0.4, 0.5) is 0 Å². The minimum atomic E-state index is -0.131. The van der Waals surface area contributed by atoms with Crippen molar-refractivity contribution in [3.05, 3.63) is 94.8 Å². The Labute approximate surface area is 144 Å². The van der Waals surface area contributed by atoms with Crippen LogP contribution in [0.1, 0.15) is 11.3 Å². The first kappa shape index (κ1) is 15.2. The van der Waals surface area contributed by atoms with Gasteiger partial charge in [0.2, 0.25) is 0 Å². The van der Waals surface area contributed by atoms with E-state index < -0.39 is 0 Å². The maximum atomic E-state index is 13.0. The minimum Gasteiger partial charge on any atom is -0.267 e. The second-order valence-electron chi connectivity index (χ2n) is 5.75. The van der Waals surface area contributed by atoms with E-state index in [1.54, 1.807) is 10.8 Å². The van der Waals surface area contributed by atoms with Gasteiger partial charge in [0.15, 0.2) is 5.65 Å². The summed E-state index contributed by atoms with van der Waals surface area (Å²) in [5.74, 6) is 0. The highest BCUT2D eigenvalue weighted by atomic mass is 16.1. The fraction of sp³-hybridized carbons (Fsp3) is 0.100. The number of hydrogen-bond acceptors (Lipinski definition) is 4. The zero-order valence-electron chi connectivity index (χ0n) is 13.5. The molecule has 2 heterocycles. The summed E-state index contributed by atoms with van der Waals surface area (Å²) in [4.78, 5) is 25.9. The molecule has 0 aliphatic heterocycles. The Bertz CT molecular complexity index is 1060. The molecule has 0 radical (unpaired) electrons. The van der Waals surface area contributed by atoms with Gasteiger partial charge in [-0.2, -0.15) is 0 Å². The van der Waals surface area contributed by atoms with Crippen LogP contribution in [0.25, 0.3) is 16.9 Å². The van der Waals surface area contributed by atoms with Crippen molar-refractivity contribution >= 4 is 11.2 Å². The van der Waals surface area contributed by atoms with Crippen molar-refractivity contribution in [2.45, 2.75) is 12.8 Å². The van der Waals surface area contributed by atoms with Gasteiger partial charge in [-0.15, -0.1) is 0 Å². The molecule has 122 valence electrons. The van der Waals surface area contributed by atoms with E-state index >= 15 is 0 Å². The highest BCUT2D eigenvalue weighted by molar-refractivity contribution is 5.71. The van der Waals surface area contributed by atoms with Crippen LogP contribution in [0.15, 0.2) is 78.0 Å². The third-order valence-corrected chi connectivity index (χ3v) is 4.10. The van der Waals surface area contributed by atoms with Crippen LogP contribution in [0, 0.1) is 0 Å². The van der Waals surface area contributed by atoms with E-state index in [0.717, 1.165) is 12.1 Å². The molecule has 4 aromatic rings. The largest absolute Gasteiger partial charge is 0.278 e. The lowest BCUT2D eigenvalue weighted by Gasteiger charge is -2.11. The van der Waals surface area contributed by atoms with E-state index in [9.17, 15) is 4.79 Å². The number of benzene rings is 2. The Morgan fingerprint density at radius 3 is 2.36 bits per heavy atom. The van der Waals surface area contributed by atoms with Crippen LogP contribution in [0.2, 0.25) is 0 Å². The fourth-order valence-electron chi connectivity index (χ4n) is 2.87. The molecule has 0 bridgehead atoms. The Morgan fingerprint density at radius 1 is 0.880 bits per heavy atom. The molecule has 0 amide bonds. The smallest absolute Gasteiger partial charge is 0.267 e. The molecule has 4 rings (SSSR count). The molecule has 0 saturated carbocycles. The second kappa shape index (κ2) is 6.65. The number of aryl methyl sites for hydroxylation is 2. The number of nitrogens with zero attached hydrogens (tertiary/aromatic N) is 4. The fourth-order valence-corrected chi connectivity index (χ4v) is 2.87. The van der Waals surface area contributed by atoms with Crippen LogP contribution < -0.4 is 5.56 Å². The number of fused-ring (bicyclic) bond motifs is 1. The van der Waals surface area contributed by atoms with Gasteiger partial charge in [-0.05, 0) is 30.5 Å². The van der Waals surface area contributed by atoms with Crippen molar-refractivity contribution in [2.24, 2.45) is 0 Å². The Morgan fingerprint density at radius 2 is 1.60 bits per heavy atom. The van der Waals surface area contributed by atoms with Gasteiger partial charge >= 0.3 is 0 Å². The first-order valence-corrected chi connectivity index (χ1v) is 8.14. The lowest BCUT2D eigenvalue weighted by molar-refractivity contribution is 0.856. The van der Waals surface area contributed by atoms with Crippen molar-refractivity contribution < 1.29 is 0 Å². The first-order valence-electron chi connectivity index (χ1n) is 8.14. The molecule has 2 aromatic heterocycles. The molecule has 0 atom stereocenters. The quantitative estimate of drug-likeness (QED) is 0.578. The molecule has 25 heavy (non-hydrogen) atoms. The highest BCUT2D eigenvalue weighted by Crippen LogP contribution is 2.13. The topological polar surface area (TPSA) is 60.7 Å². The molecule has 0 saturated heterocycles. The van der Waals surface area contributed by atoms with E-state index in [0.29, 0.717) is 23.3 Å². The maximum absolute atomic E-state index is 13.0. The summed E-state index contributed by atoms with van der Waals surface area (Å²) in [7, 11) is 0. The Kier molecular flexibility index (Phi) is 4.04. The van der Waals surface area contributed by atoms with Crippen LogP contribution in [0.3, 0.4) is 0 Å². The molecule has 5 heteroatoms. The number of aromatic nitrogens is 4. The molecular weight excluding hydrogens is 312 g/mol. The van der Waals surface area contributed by atoms with E-state index in [2.05, 4.69) is 27.1 Å². The summed E-state index contributed by atoms with van der Waals surface area (Å²) in [6.45, 7) is 0. The zero-order chi connectivity index (χ0) is 17.1. The maximum Gasteiger partial charge on any atom is 0.278 e. The number of rotatable bonds is 4. The van der Waals surface area contributed by atoms with E-state index in [1.165, 1.54) is 11.9 Å². The van der Waals surface area contributed by atoms with E-state index in [4.69, 9.17) is 0 Å². The minimum absolute atomic E-state index is 0.131. The summed E-state index contributed by atoms with van der Waals surface area (Å²) in [5, 5.41) is 0. The van der Waals surface area contributed by atoms with Gasteiger partial charge in [0.05, 0.1) is 11.9 Å². The molecule has 0 aliphatic carbocycles. The van der Waals surface area contributed by atoms with Crippen molar-refractivity contribution in [1.29, 1.82) is 0 Å². The summed E-state index contributed by atoms with van der Waals surface area (Å²) >= 11 is 0. The van der Waals surface area contributed by atoms with Crippen molar-refractivity contribution in [1.82, 2.24) is 19.5 Å². The van der Waals surface area contributed by atoms with Crippen molar-refractivity contribution in [3.63, 3.8) is 0 Å². The Hall–Kier alpha value is -3.34. The average molecular weight is 328 g/mol. The summed E-state index contributed by atoms with van der Waals surface area (Å²) in [6.07, 6.45) is 4.41. The predicted molar refractivity (Wildman–Crippen MR) is 96.8 cm³/mol. The summed E-state index contributed by atoms with van der Waals surface area (Å²) < 4.78 is 1.62. The number of hydrogen-bond donors (Lipinski definition) is 0. The predicted octanol–water partition coefficient (Wildman–Crippen LogP) is 2.96. The van der Waals surface area contributed by atoms with Gasteiger partial charge < -0.3 is 0 Å². The van der Waals surface area contributed by atoms with Gasteiger partial charge in [-0.3, -0.25) is 9.36 Å². The highest BCUT2D eigenvalue weighted by Gasteiger charge is 2.13. The second-order valence-corrected chi connectivity index (χ2v) is 5.75. The monoisotopic (exact) mass is 328 g/mol. The molecule has 0 spiro atoms. The standard InChI is InChI=1S/C20H16N4O/c25-20-17(12-11-15-7-3-1-4-8-15)23-18-13-21-14-22-19(18)24(20)16-9-5-2-6-10-16/h1-10,13-14H,11-12H2. The Balaban J connectivity index is 1.83. The molecule has 5 nitrogen and oxygen atoms in total. The van der Waals surface area contributed by atoms with Gasteiger partial charge in [0.25, 0.3) is 5.56 Å². The van der Waals surface area contributed by atoms with E-state index in [-0.39, 0.29) is 5.56 Å². The third-order valence-electron chi connectivity index (χ3n) is 4.10. The molecule has 0 aliphatic rings. The van der Waals surface area contributed by atoms with Gasteiger partial charge in [-0.1, -0.05) is 48.5 Å². The van der Waals surface area contributed by atoms with E-state index in [1.807, 2.05) is 48.5 Å². The lowest BCUT2D eigenvalue weighted by Crippen LogP contribution is -2.25. The van der Waals surface area contributed by atoms with Gasteiger partial charge in [0, 0.05) is 0 Å².